The van der Waals surface area contributed by atoms with E-state index < -0.39 is 5.91 Å². The maximum absolute atomic E-state index is 13.3. The Morgan fingerprint density at radius 3 is 2.72 bits per heavy atom. The van der Waals surface area contributed by atoms with Crippen molar-refractivity contribution >= 4 is 44.9 Å². The molecule has 0 saturated heterocycles. The number of fused-ring (bicyclic) bond motifs is 1. The number of hydrogen-bond acceptors (Lipinski definition) is 7. The maximum Gasteiger partial charge on any atom is 0.281 e. The van der Waals surface area contributed by atoms with Gasteiger partial charge >= 0.3 is 0 Å². The molecule has 3 aromatic carbocycles. The van der Waals surface area contributed by atoms with Crippen molar-refractivity contribution in [1.82, 2.24) is 20.0 Å². The standard InChI is InChI=1S/C26H22FN5O2S2/c1-2-14-34-22-15-32(20-12-10-19(27)11-13-20)31-23(22)24(33)28-25-29-30-26(36-25)35-16-18-8-5-7-17-6-3-4-9-21(17)18/h3-13,15H,2,14,16H2,1H3,(H,28,29,33). The summed E-state index contributed by atoms with van der Waals surface area (Å²) >= 11 is 2.87. The molecule has 10 heteroatoms. The van der Waals surface area contributed by atoms with Crippen LogP contribution in [0.4, 0.5) is 9.52 Å². The zero-order valence-corrected chi connectivity index (χ0v) is 21.0. The Morgan fingerprint density at radius 2 is 1.89 bits per heavy atom. The Morgan fingerprint density at radius 1 is 1.08 bits per heavy atom. The highest BCUT2D eigenvalue weighted by molar-refractivity contribution is 8.00. The van der Waals surface area contributed by atoms with E-state index in [2.05, 4.69) is 44.9 Å². The van der Waals surface area contributed by atoms with Crippen molar-refractivity contribution in [1.29, 1.82) is 0 Å². The van der Waals surface area contributed by atoms with E-state index >= 15 is 0 Å². The summed E-state index contributed by atoms with van der Waals surface area (Å²) in [5, 5.41) is 18.3. The highest BCUT2D eigenvalue weighted by Gasteiger charge is 2.21. The molecule has 0 atom stereocenters. The molecule has 1 amide bonds. The molecular weight excluding hydrogens is 497 g/mol. The lowest BCUT2D eigenvalue weighted by Crippen LogP contribution is -2.14. The smallest absolute Gasteiger partial charge is 0.281 e. The fraction of sp³-hybridized carbons (Fsp3) is 0.154. The lowest BCUT2D eigenvalue weighted by molar-refractivity contribution is 0.101. The van der Waals surface area contributed by atoms with Gasteiger partial charge in [0.2, 0.25) is 5.13 Å². The summed E-state index contributed by atoms with van der Waals surface area (Å²) in [4.78, 5) is 13.0. The van der Waals surface area contributed by atoms with Crippen LogP contribution >= 0.6 is 23.1 Å². The minimum absolute atomic E-state index is 0.118. The van der Waals surface area contributed by atoms with E-state index in [9.17, 15) is 9.18 Å². The summed E-state index contributed by atoms with van der Waals surface area (Å²) in [6.45, 7) is 2.41. The molecule has 0 aliphatic rings. The van der Waals surface area contributed by atoms with Crippen LogP contribution in [0.1, 0.15) is 29.4 Å². The third-order valence-electron chi connectivity index (χ3n) is 5.31. The topological polar surface area (TPSA) is 81.9 Å². The summed E-state index contributed by atoms with van der Waals surface area (Å²) in [6.07, 6.45) is 2.39. The van der Waals surface area contributed by atoms with Gasteiger partial charge in [-0.1, -0.05) is 72.5 Å². The number of carbonyl (C=O) groups is 1. The third kappa shape index (κ3) is 5.39. The van der Waals surface area contributed by atoms with Gasteiger partial charge in [-0.2, -0.15) is 5.10 Å². The highest BCUT2D eigenvalue weighted by atomic mass is 32.2. The summed E-state index contributed by atoms with van der Waals surface area (Å²) in [6, 6.07) is 20.3. The first kappa shape index (κ1) is 24.0. The number of carbonyl (C=O) groups excluding carboxylic acids is 1. The van der Waals surface area contributed by atoms with Gasteiger partial charge in [0.05, 0.1) is 18.5 Å². The molecule has 0 spiro atoms. The molecule has 36 heavy (non-hydrogen) atoms. The number of benzene rings is 3. The number of anilines is 1. The number of amides is 1. The van der Waals surface area contributed by atoms with Crippen LogP contribution in [-0.4, -0.2) is 32.5 Å². The predicted octanol–water partition coefficient (Wildman–Crippen LogP) is 6.35. The van der Waals surface area contributed by atoms with E-state index in [-0.39, 0.29) is 11.5 Å². The zero-order valence-electron chi connectivity index (χ0n) is 19.3. The van der Waals surface area contributed by atoms with E-state index in [0.717, 1.165) is 16.5 Å². The molecule has 0 fully saturated rings. The Hall–Kier alpha value is -3.76. The normalized spacial score (nSPS) is 11.1. The van der Waals surface area contributed by atoms with E-state index in [1.54, 1.807) is 30.1 Å². The second-order valence-corrected chi connectivity index (χ2v) is 10.1. The molecule has 5 rings (SSSR count). The van der Waals surface area contributed by atoms with Gasteiger partial charge in [0, 0.05) is 5.75 Å². The van der Waals surface area contributed by atoms with Gasteiger partial charge in [-0.15, -0.1) is 10.2 Å². The highest BCUT2D eigenvalue weighted by Crippen LogP contribution is 2.31. The number of thioether (sulfide) groups is 1. The monoisotopic (exact) mass is 519 g/mol. The van der Waals surface area contributed by atoms with Crippen LogP contribution in [0, 0.1) is 5.82 Å². The van der Waals surface area contributed by atoms with Crippen molar-refractivity contribution < 1.29 is 13.9 Å². The van der Waals surface area contributed by atoms with E-state index in [0.29, 0.717) is 23.2 Å². The number of hydrogen-bond donors (Lipinski definition) is 1. The number of nitrogens with one attached hydrogen (secondary N) is 1. The second-order valence-electron chi connectivity index (χ2n) is 7.87. The number of aromatic nitrogens is 4. The largest absolute Gasteiger partial charge is 0.489 e. The molecule has 0 radical (unpaired) electrons. The van der Waals surface area contributed by atoms with Gasteiger partial charge in [-0.05, 0) is 47.0 Å². The average molecular weight is 520 g/mol. The lowest BCUT2D eigenvalue weighted by atomic mass is 10.1. The van der Waals surface area contributed by atoms with E-state index in [1.165, 1.54) is 44.5 Å². The third-order valence-corrected chi connectivity index (χ3v) is 7.33. The van der Waals surface area contributed by atoms with Gasteiger partial charge in [-0.3, -0.25) is 10.1 Å². The van der Waals surface area contributed by atoms with Crippen molar-refractivity contribution in [3.05, 3.63) is 90.0 Å². The quantitative estimate of drug-likeness (QED) is 0.181. The fourth-order valence-corrected chi connectivity index (χ4v) is 5.34. The van der Waals surface area contributed by atoms with Gasteiger partial charge in [0.15, 0.2) is 15.8 Å². The molecule has 0 unspecified atom stereocenters. The lowest BCUT2D eigenvalue weighted by Gasteiger charge is -2.04. The van der Waals surface area contributed by atoms with Gasteiger partial charge in [-0.25, -0.2) is 9.07 Å². The number of rotatable bonds is 9. The first-order chi connectivity index (χ1) is 17.6. The average Bonchev–Trinajstić information content (AvgIpc) is 3.53. The Kier molecular flexibility index (Phi) is 7.24. The molecule has 2 aromatic heterocycles. The van der Waals surface area contributed by atoms with Crippen LogP contribution in [0.5, 0.6) is 5.75 Å². The van der Waals surface area contributed by atoms with Crippen LogP contribution in [0.2, 0.25) is 0 Å². The Labute approximate surface area is 215 Å². The minimum atomic E-state index is -0.455. The summed E-state index contributed by atoms with van der Waals surface area (Å²) in [5.74, 6) is 0.273. The van der Waals surface area contributed by atoms with Gasteiger partial charge in [0.25, 0.3) is 5.91 Å². The molecule has 182 valence electrons. The molecule has 0 aliphatic carbocycles. The second kappa shape index (κ2) is 10.9. The van der Waals surface area contributed by atoms with E-state index in [1.807, 2.05) is 25.1 Å². The van der Waals surface area contributed by atoms with Crippen molar-refractivity contribution in [2.24, 2.45) is 0 Å². The Balaban J connectivity index is 1.29. The summed E-state index contributed by atoms with van der Waals surface area (Å²) < 4.78 is 21.3. The van der Waals surface area contributed by atoms with Crippen LogP contribution in [0.15, 0.2) is 77.3 Å². The van der Waals surface area contributed by atoms with Crippen LogP contribution in [-0.2, 0) is 5.75 Å². The molecule has 7 nitrogen and oxygen atoms in total. The van der Waals surface area contributed by atoms with Gasteiger partial charge < -0.3 is 4.74 Å². The SMILES string of the molecule is CCCOc1cn(-c2ccc(F)cc2)nc1C(=O)Nc1nnc(SCc2cccc3ccccc23)s1. The van der Waals surface area contributed by atoms with Crippen molar-refractivity contribution in [2.75, 3.05) is 11.9 Å². The molecule has 2 heterocycles. The minimum Gasteiger partial charge on any atom is -0.489 e. The summed E-state index contributed by atoms with van der Waals surface area (Å²) in [7, 11) is 0. The molecule has 1 N–H and O–H groups in total. The maximum atomic E-state index is 13.3. The number of halogens is 1. The van der Waals surface area contributed by atoms with Crippen molar-refractivity contribution in [3.63, 3.8) is 0 Å². The first-order valence-corrected chi connectivity index (χ1v) is 13.1. The van der Waals surface area contributed by atoms with Crippen LogP contribution in [0.3, 0.4) is 0 Å². The summed E-state index contributed by atoms with van der Waals surface area (Å²) in [5.41, 5.74) is 1.94. The fourth-order valence-electron chi connectivity index (χ4n) is 3.59. The van der Waals surface area contributed by atoms with Crippen molar-refractivity contribution in [2.45, 2.75) is 23.4 Å². The van der Waals surface area contributed by atoms with Crippen LogP contribution in [0.25, 0.3) is 16.5 Å². The molecule has 0 aliphatic heterocycles. The zero-order chi connectivity index (χ0) is 24.9. The van der Waals surface area contributed by atoms with E-state index in [4.69, 9.17) is 4.74 Å². The van der Waals surface area contributed by atoms with Gasteiger partial charge in [0.1, 0.15) is 5.82 Å². The van der Waals surface area contributed by atoms with Crippen LogP contribution < -0.4 is 10.1 Å². The molecule has 5 aromatic rings. The number of nitrogens with zero attached hydrogens (tertiary/aromatic N) is 4. The molecule has 0 bridgehead atoms. The molecular formula is C26H22FN5O2S2. The number of ether oxygens (including phenoxy) is 1. The Bertz CT molecular complexity index is 1490. The van der Waals surface area contributed by atoms with Crippen molar-refractivity contribution in [3.8, 4) is 11.4 Å². The molecule has 0 saturated carbocycles. The predicted molar refractivity (Wildman–Crippen MR) is 141 cm³/mol. The first-order valence-electron chi connectivity index (χ1n) is 11.3.